The van der Waals surface area contributed by atoms with Gasteiger partial charge in [-0.15, -0.1) is 0 Å². The molecule has 2 aliphatic rings. The molecule has 10 nitrogen and oxygen atoms in total. The van der Waals surface area contributed by atoms with Crippen molar-refractivity contribution in [2.75, 3.05) is 12.0 Å². The van der Waals surface area contributed by atoms with Crippen LogP contribution in [0.25, 0.3) is 0 Å². The van der Waals surface area contributed by atoms with Crippen molar-refractivity contribution >= 4 is 35.4 Å². The summed E-state index contributed by atoms with van der Waals surface area (Å²) in [5.41, 5.74) is 0.428. The number of esters is 1. The number of imide groups is 1. The first kappa shape index (κ1) is 26.0. The zero-order chi connectivity index (χ0) is 27.1. The summed E-state index contributed by atoms with van der Waals surface area (Å²) in [4.78, 5) is 65.3. The summed E-state index contributed by atoms with van der Waals surface area (Å²) in [7, 11) is 1.24. The quantitative estimate of drug-likeness (QED) is 0.361. The molecule has 4 atom stereocenters. The van der Waals surface area contributed by atoms with Crippen molar-refractivity contribution in [3.05, 3.63) is 64.7 Å². The molecule has 2 fully saturated rings. The Morgan fingerprint density at radius 2 is 1.57 bits per heavy atom. The number of carbonyl (C=O) groups is 5. The Morgan fingerprint density at radius 1 is 0.973 bits per heavy atom. The average Bonchev–Trinajstić information content (AvgIpc) is 3.36. The lowest BCUT2D eigenvalue weighted by Crippen LogP contribution is -2.57. The highest BCUT2D eigenvalue weighted by Crippen LogP contribution is 2.51. The van der Waals surface area contributed by atoms with Gasteiger partial charge in [-0.25, -0.2) is 9.69 Å². The second kappa shape index (κ2) is 9.78. The molecule has 2 aromatic rings. The predicted octanol–water partition coefficient (Wildman–Crippen LogP) is 2.35. The molecular weight excluding hydrogens is 480 g/mol. The number of fused-ring (bicyclic) bond motifs is 1. The molecule has 0 aromatic heterocycles. The number of carbonyl (C=O) groups excluding carboxylic acids is 3. The van der Waals surface area contributed by atoms with Crippen molar-refractivity contribution in [1.29, 1.82) is 0 Å². The van der Waals surface area contributed by atoms with Crippen LogP contribution in [0.1, 0.15) is 53.4 Å². The molecule has 0 aliphatic carbocycles. The van der Waals surface area contributed by atoms with Crippen LogP contribution in [0.5, 0.6) is 0 Å². The zero-order valence-corrected chi connectivity index (χ0v) is 20.7. The number of rotatable bonds is 8. The van der Waals surface area contributed by atoms with Crippen LogP contribution in [0.3, 0.4) is 0 Å². The van der Waals surface area contributed by atoms with Crippen molar-refractivity contribution in [1.82, 2.24) is 5.32 Å². The van der Waals surface area contributed by atoms with Crippen molar-refractivity contribution in [3.63, 3.8) is 0 Å². The number of benzene rings is 2. The lowest BCUT2D eigenvalue weighted by atomic mass is 9.77. The summed E-state index contributed by atoms with van der Waals surface area (Å²) in [5, 5.41) is 22.7. The van der Waals surface area contributed by atoms with E-state index < -0.39 is 59.6 Å². The summed E-state index contributed by atoms with van der Waals surface area (Å²) in [6, 6.07) is 10.5. The van der Waals surface area contributed by atoms with Crippen LogP contribution >= 0.6 is 0 Å². The first-order valence-corrected chi connectivity index (χ1v) is 12.0. The normalized spacial score (nSPS) is 24.7. The summed E-state index contributed by atoms with van der Waals surface area (Å²) >= 11 is 0. The maximum Gasteiger partial charge on any atom is 0.337 e. The first-order chi connectivity index (χ1) is 17.6. The third-order valence-corrected chi connectivity index (χ3v) is 7.35. The Bertz CT molecular complexity index is 1270. The molecule has 2 aromatic carbocycles. The molecule has 10 heteroatoms. The SMILES string of the molecule is CCc1cccc(CC)c1N1C(=O)C2C(c3ccc(C(=O)OC)cc3)NC(CC(=O)O)(C(=O)O)C2C1=O. The number of hydrogen-bond acceptors (Lipinski definition) is 7. The van der Waals surface area contributed by atoms with E-state index in [2.05, 4.69) is 5.32 Å². The summed E-state index contributed by atoms with van der Waals surface area (Å²) in [6.45, 7) is 3.78. The van der Waals surface area contributed by atoms with E-state index >= 15 is 0 Å². The molecule has 0 spiro atoms. The summed E-state index contributed by atoms with van der Waals surface area (Å²) < 4.78 is 4.71. The van der Waals surface area contributed by atoms with Crippen LogP contribution in [-0.2, 0) is 36.8 Å². The maximum atomic E-state index is 14.0. The Labute approximate surface area is 213 Å². The zero-order valence-electron chi connectivity index (χ0n) is 20.7. The minimum atomic E-state index is -2.21. The Hall–Kier alpha value is -4.05. The van der Waals surface area contributed by atoms with Gasteiger partial charge < -0.3 is 14.9 Å². The monoisotopic (exact) mass is 508 g/mol. The number of methoxy groups -OCH3 is 1. The van der Waals surface area contributed by atoms with E-state index in [0.717, 1.165) is 16.0 Å². The van der Waals surface area contributed by atoms with E-state index in [-0.39, 0.29) is 5.56 Å². The van der Waals surface area contributed by atoms with Gasteiger partial charge in [0.1, 0.15) is 5.54 Å². The van der Waals surface area contributed by atoms with Gasteiger partial charge in [-0.2, -0.15) is 0 Å². The fraction of sp³-hybridized carbons (Fsp3) is 0.370. The van der Waals surface area contributed by atoms with Crippen LogP contribution in [0.4, 0.5) is 5.69 Å². The number of aryl methyl sites for hydroxylation is 2. The number of aliphatic carboxylic acids is 2. The number of para-hydroxylation sites is 1. The molecule has 2 saturated heterocycles. The predicted molar refractivity (Wildman–Crippen MR) is 131 cm³/mol. The Kier molecular flexibility index (Phi) is 6.88. The third-order valence-electron chi connectivity index (χ3n) is 7.35. The Morgan fingerprint density at radius 3 is 2.05 bits per heavy atom. The van der Waals surface area contributed by atoms with Crippen molar-refractivity contribution in [2.45, 2.75) is 44.7 Å². The second-order valence-corrected chi connectivity index (χ2v) is 9.23. The molecule has 4 rings (SSSR count). The summed E-state index contributed by atoms with van der Waals surface area (Å²) in [6.07, 6.45) is 0.167. The minimum Gasteiger partial charge on any atom is -0.481 e. The molecule has 0 radical (unpaired) electrons. The van der Waals surface area contributed by atoms with Crippen molar-refractivity contribution in [2.24, 2.45) is 11.8 Å². The maximum absolute atomic E-state index is 14.0. The van der Waals surface area contributed by atoms with Gasteiger partial charge in [0, 0.05) is 6.04 Å². The number of hydrogen-bond donors (Lipinski definition) is 3. The van der Waals surface area contributed by atoms with Gasteiger partial charge in [0.2, 0.25) is 11.8 Å². The highest BCUT2D eigenvalue weighted by Gasteiger charge is 2.69. The van der Waals surface area contributed by atoms with Gasteiger partial charge in [0.25, 0.3) is 0 Å². The molecule has 2 heterocycles. The molecule has 0 saturated carbocycles. The van der Waals surface area contributed by atoms with E-state index in [0.29, 0.717) is 24.1 Å². The molecule has 4 unspecified atom stereocenters. The number of carboxylic acid groups (broad SMARTS) is 2. The number of anilines is 1. The van der Waals surface area contributed by atoms with E-state index in [1.807, 2.05) is 32.0 Å². The van der Waals surface area contributed by atoms with E-state index in [9.17, 15) is 34.2 Å². The molecule has 37 heavy (non-hydrogen) atoms. The van der Waals surface area contributed by atoms with Crippen LogP contribution in [0.2, 0.25) is 0 Å². The van der Waals surface area contributed by atoms with Crippen LogP contribution in [-0.4, -0.2) is 52.6 Å². The summed E-state index contributed by atoms with van der Waals surface area (Å²) in [5.74, 6) is -7.46. The number of amides is 2. The van der Waals surface area contributed by atoms with Crippen LogP contribution in [0, 0.1) is 11.8 Å². The van der Waals surface area contributed by atoms with E-state index in [1.165, 1.54) is 31.4 Å². The smallest absolute Gasteiger partial charge is 0.337 e. The standard InChI is InChI=1S/C27H28N2O8/c1-4-14-7-6-8-15(5-2)22(14)29-23(32)19-20(24(29)33)27(26(35)36,13-18(30)31)28-21(19)16-9-11-17(12-10-16)25(34)37-3/h6-12,19-21,28H,4-5,13H2,1-3H3,(H,30,31)(H,35,36). The second-order valence-electron chi connectivity index (χ2n) is 9.23. The number of carboxylic acids is 2. The van der Waals surface area contributed by atoms with Gasteiger partial charge in [-0.1, -0.05) is 44.2 Å². The van der Waals surface area contributed by atoms with Gasteiger partial charge in [0.05, 0.1) is 36.6 Å². The van der Waals surface area contributed by atoms with Gasteiger partial charge in [-0.05, 0) is 41.7 Å². The van der Waals surface area contributed by atoms with Crippen molar-refractivity contribution in [3.8, 4) is 0 Å². The number of ether oxygens (including phenoxy) is 1. The molecule has 2 aliphatic heterocycles. The first-order valence-electron chi connectivity index (χ1n) is 12.0. The van der Waals surface area contributed by atoms with Crippen LogP contribution in [0.15, 0.2) is 42.5 Å². The largest absolute Gasteiger partial charge is 0.481 e. The van der Waals surface area contributed by atoms with Crippen molar-refractivity contribution < 1.29 is 38.9 Å². The molecule has 194 valence electrons. The number of nitrogens with zero attached hydrogens (tertiary/aromatic N) is 1. The third kappa shape index (κ3) is 4.07. The molecule has 2 amide bonds. The fourth-order valence-electron chi connectivity index (χ4n) is 5.63. The highest BCUT2D eigenvalue weighted by atomic mass is 16.5. The number of nitrogens with one attached hydrogen (secondary N) is 1. The molecule has 0 bridgehead atoms. The lowest BCUT2D eigenvalue weighted by Gasteiger charge is -2.30. The van der Waals surface area contributed by atoms with E-state index in [1.54, 1.807) is 0 Å². The average molecular weight is 509 g/mol. The van der Waals surface area contributed by atoms with Gasteiger partial charge in [-0.3, -0.25) is 24.5 Å². The topological polar surface area (TPSA) is 150 Å². The molecule has 3 N–H and O–H groups in total. The Balaban J connectivity index is 1.89. The highest BCUT2D eigenvalue weighted by molar-refractivity contribution is 6.25. The van der Waals surface area contributed by atoms with Crippen LogP contribution < -0.4 is 10.2 Å². The minimum absolute atomic E-state index is 0.246. The van der Waals surface area contributed by atoms with Gasteiger partial charge >= 0.3 is 17.9 Å². The lowest BCUT2D eigenvalue weighted by molar-refractivity contribution is -0.154. The van der Waals surface area contributed by atoms with E-state index in [4.69, 9.17) is 4.74 Å². The fourth-order valence-corrected chi connectivity index (χ4v) is 5.63. The molecular formula is C27H28N2O8. The van der Waals surface area contributed by atoms with Gasteiger partial charge in [0.15, 0.2) is 0 Å².